The highest BCUT2D eigenvalue weighted by Crippen LogP contribution is 2.29. The highest BCUT2D eigenvalue weighted by Gasteiger charge is 2.27. The van der Waals surface area contributed by atoms with Crippen molar-refractivity contribution in [3.63, 3.8) is 0 Å². The topological polar surface area (TPSA) is 94.8 Å². The number of hydrogen-bond acceptors (Lipinski definition) is 6. The summed E-state index contributed by atoms with van der Waals surface area (Å²) in [5.74, 6) is -1.97. The number of hydrogen-bond donors (Lipinski definition) is 1. The molecule has 1 aromatic heterocycles. The molecule has 140 valence electrons. The van der Waals surface area contributed by atoms with E-state index in [1.165, 1.54) is 16.7 Å². The summed E-state index contributed by atoms with van der Waals surface area (Å²) in [6, 6.07) is 4.46. The van der Waals surface area contributed by atoms with Crippen molar-refractivity contribution in [3.05, 3.63) is 39.7 Å². The number of rotatable bonds is 4. The average molecular weight is 361 g/mol. The fourth-order valence-electron chi connectivity index (χ4n) is 2.61. The molecule has 1 N–H and O–H groups in total. The van der Waals surface area contributed by atoms with Crippen molar-refractivity contribution in [2.24, 2.45) is 0 Å². The van der Waals surface area contributed by atoms with Crippen LogP contribution >= 0.6 is 0 Å². The van der Waals surface area contributed by atoms with Gasteiger partial charge in [-0.25, -0.2) is 9.59 Å². The molecule has 0 saturated heterocycles. The number of fused-ring (bicyclic) bond motifs is 1. The van der Waals surface area contributed by atoms with Crippen molar-refractivity contribution in [1.29, 1.82) is 0 Å². The van der Waals surface area contributed by atoms with Crippen molar-refractivity contribution < 1.29 is 24.2 Å². The third-order valence-corrected chi connectivity index (χ3v) is 3.67. The second-order valence-electron chi connectivity index (χ2n) is 6.73. The summed E-state index contributed by atoms with van der Waals surface area (Å²) < 4.78 is 11.6. The third kappa shape index (κ3) is 3.71. The van der Waals surface area contributed by atoms with E-state index in [-0.39, 0.29) is 24.1 Å². The van der Waals surface area contributed by atoms with Crippen LogP contribution in [0.25, 0.3) is 10.9 Å². The molecule has 2 rings (SSSR count). The molecule has 0 aliphatic heterocycles. The van der Waals surface area contributed by atoms with Crippen LogP contribution in [0.4, 0.5) is 0 Å². The number of carbonyl (C=O) groups is 2. The zero-order valence-corrected chi connectivity index (χ0v) is 15.6. The van der Waals surface area contributed by atoms with Crippen LogP contribution in [0, 0.1) is 0 Å². The number of carbonyl (C=O) groups excluding carboxylic acids is 2. The summed E-state index contributed by atoms with van der Waals surface area (Å²) in [6.45, 7) is 8.92. The van der Waals surface area contributed by atoms with Crippen molar-refractivity contribution in [1.82, 2.24) is 4.57 Å². The third-order valence-electron chi connectivity index (χ3n) is 3.67. The Labute approximate surface area is 151 Å². The van der Waals surface area contributed by atoms with Gasteiger partial charge in [0.05, 0.1) is 17.7 Å². The quantitative estimate of drug-likeness (QED) is 0.842. The minimum absolute atomic E-state index is 0.206. The van der Waals surface area contributed by atoms with E-state index in [1.807, 2.05) is 0 Å². The predicted molar refractivity (Wildman–Crippen MR) is 96.7 cm³/mol. The number of benzene rings is 1. The Morgan fingerprint density at radius 1 is 1.15 bits per heavy atom. The second kappa shape index (κ2) is 7.19. The Hall–Kier alpha value is -2.83. The molecule has 0 atom stereocenters. The van der Waals surface area contributed by atoms with Gasteiger partial charge in [0, 0.05) is 11.9 Å². The van der Waals surface area contributed by atoms with Crippen LogP contribution in [0.2, 0.25) is 0 Å². The van der Waals surface area contributed by atoms with Crippen LogP contribution in [-0.4, -0.2) is 33.8 Å². The zero-order valence-electron chi connectivity index (χ0n) is 15.6. The first-order valence-corrected chi connectivity index (χ1v) is 8.40. The Morgan fingerprint density at radius 2 is 1.81 bits per heavy atom. The first-order chi connectivity index (χ1) is 12.1. The number of aromatic hydroxyl groups is 1. The molecule has 0 amide bonds. The first-order valence-electron chi connectivity index (χ1n) is 8.40. The fraction of sp³-hybridized carbons (Fsp3) is 0.421. The van der Waals surface area contributed by atoms with E-state index in [0.717, 1.165) is 0 Å². The van der Waals surface area contributed by atoms with Crippen LogP contribution in [0.3, 0.4) is 0 Å². The average Bonchev–Trinajstić information content (AvgIpc) is 2.53. The number of pyridine rings is 1. The van der Waals surface area contributed by atoms with Crippen LogP contribution < -0.4 is 5.56 Å². The normalized spacial score (nSPS) is 11.4. The van der Waals surface area contributed by atoms with Crippen molar-refractivity contribution in [3.8, 4) is 5.75 Å². The first kappa shape index (κ1) is 19.5. The molecule has 7 nitrogen and oxygen atoms in total. The molecule has 2 aromatic rings. The van der Waals surface area contributed by atoms with Gasteiger partial charge < -0.3 is 19.1 Å². The maximum Gasteiger partial charge on any atom is 0.348 e. The molecule has 7 heteroatoms. The van der Waals surface area contributed by atoms with E-state index >= 15 is 0 Å². The monoisotopic (exact) mass is 361 g/mol. The molecular weight excluding hydrogens is 338 g/mol. The molecular formula is C19H23NO6. The number of aryl methyl sites for hydroxylation is 1. The van der Waals surface area contributed by atoms with Crippen LogP contribution in [0.15, 0.2) is 23.0 Å². The number of nitrogens with zero attached hydrogens (tertiary/aromatic N) is 1. The zero-order chi connectivity index (χ0) is 19.6. The molecule has 0 saturated carbocycles. The lowest BCUT2D eigenvalue weighted by atomic mass is 10.1. The minimum Gasteiger partial charge on any atom is -0.506 e. The molecule has 26 heavy (non-hydrogen) atoms. The maximum absolute atomic E-state index is 12.7. The van der Waals surface area contributed by atoms with Crippen molar-refractivity contribution in [2.45, 2.75) is 46.8 Å². The summed E-state index contributed by atoms with van der Waals surface area (Å²) in [6.07, 6.45) is 0. The summed E-state index contributed by atoms with van der Waals surface area (Å²) in [7, 11) is 0. The van der Waals surface area contributed by atoms with Gasteiger partial charge in [0.25, 0.3) is 5.56 Å². The van der Waals surface area contributed by atoms with Gasteiger partial charge in [-0.1, -0.05) is 0 Å². The minimum atomic E-state index is -0.911. The van der Waals surface area contributed by atoms with E-state index in [1.54, 1.807) is 40.7 Å². The van der Waals surface area contributed by atoms with Gasteiger partial charge in [0.2, 0.25) is 0 Å². The number of aromatic nitrogens is 1. The molecule has 0 radical (unpaired) electrons. The molecule has 0 bridgehead atoms. The van der Waals surface area contributed by atoms with Gasteiger partial charge in [-0.3, -0.25) is 4.79 Å². The molecule has 1 heterocycles. The van der Waals surface area contributed by atoms with Gasteiger partial charge >= 0.3 is 11.9 Å². The van der Waals surface area contributed by atoms with Gasteiger partial charge in [0.1, 0.15) is 11.4 Å². The number of ether oxygens (including phenoxy) is 2. The lowest BCUT2D eigenvalue weighted by molar-refractivity contribution is 0.00642. The molecule has 0 aliphatic carbocycles. The highest BCUT2D eigenvalue weighted by molar-refractivity contribution is 6.02. The SMILES string of the molecule is CCOC(=O)c1ccc2c(c1)c(O)c(C(=O)OC(C)(C)C)c(=O)n2CC. The van der Waals surface area contributed by atoms with Gasteiger partial charge in [-0.2, -0.15) is 0 Å². The van der Waals surface area contributed by atoms with E-state index in [4.69, 9.17) is 9.47 Å². The highest BCUT2D eigenvalue weighted by atomic mass is 16.6. The van der Waals surface area contributed by atoms with Crippen LogP contribution in [-0.2, 0) is 16.0 Å². The van der Waals surface area contributed by atoms with E-state index in [2.05, 4.69) is 0 Å². The standard InChI is InChI=1S/C19H23NO6/c1-6-20-13-9-8-11(17(23)25-7-2)10-12(13)15(21)14(16(20)22)18(24)26-19(3,4)5/h8-10,21H,6-7H2,1-5H3. The Morgan fingerprint density at radius 3 is 2.35 bits per heavy atom. The predicted octanol–water partition coefficient (Wildman–Crippen LogP) is 2.86. The lowest BCUT2D eigenvalue weighted by Gasteiger charge is -2.20. The Bertz CT molecular complexity index is 920. The van der Waals surface area contributed by atoms with Gasteiger partial charge in [-0.15, -0.1) is 0 Å². The summed E-state index contributed by atoms with van der Waals surface area (Å²) >= 11 is 0. The fourth-order valence-corrected chi connectivity index (χ4v) is 2.61. The largest absolute Gasteiger partial charge is 0.506 e. The lowest BCUT2D eigenvalue weighted by Crippen LogP contribution is -2.31. The summed E-state index contributed by atoms with van der Waals surface area (Å²) in [4.78, 5) is 37.1. The van der Waals surface area contributed by atoms with Crippen molar-refractivity contribution >= 4 is 22.8 Å². The van der Waals surface area contributed by atoms with Crippen LogP contribution in [0.5, 0.6) is 5.75 Å². The number of esters is 2. The van der Waals surface area contributed by atoms with E-state index in [9.17, 15) is 19.5 Å². The summed E-state index contributed by atoms with van der Waals surface area (Å²) in [5, 5.41) is 10.8. The van der Waals surface area contributed by atoms with Gasteiger partial charge in [0.15, 0.2) is 5.56 Å². The second-order valence-corrected chi connectivity index (χ2v) is 6.73. The van der Waals surface area contributed by atoms with Gasteiger partial charge in [-0.05, 0) is 52.8 Å². The van der Waals surface area contributed by atoms with Crippen LogP contribution in [0.1, 0.15) is 55.3 Å². The molecule has 1 aromatic carbocycles. The van der Waals surface area contributed by atoms with E-state index < -0.39 is 34.4 Å². The summed E-state index contributed by atoms with van der Waals surface area (Å²) in [5.41, 5.74) is -1.29. The molecule has 0 fully saturated rings. The molecule has 0 unspecified atom stereocenters. The van der Waals surface area contributed by atoms with E-state index in [0.29, 0.717) is 5.52 Å². The van der Waals surface area contributed by atoms with Crippen molar-refractivity contribution in [2.75, 3.05) is 6.61 Å². The molecule has 0 spiro atoms. The Balaban J connectivity index is 2.75. The smallest absolute Gasteiger partial charge is 0.348 e. The molecule has 0 aliphatic rings. The maximum atomic E-state index is 12.7. The Kier molecular flexibility index (Phi) is 5.39.